The summed E-state index contributed by atoms with van der Waals surface area (Å²) in [5, 5.41) is 2.79. The molecule has 1 aromatic heterocycles. The predicted molar refractivity (Wildman–Crippen MR) is 76.9 cm³/mol. The molecule has 98 valence electrons. The number of hydrogen-bond donors (Lipinski definition) is 1. The van der Waals surface area contributed by atoms with Gasteiger partial charge in [-0.3, -0.25) is 4.79 Å². The lowest BCUT2D eigenvalue weighted by atomic mass is 10.2. The van der Waals surface area contributed by atoms with Crippen molar-refractivity contribution < 1.29 is 9.21 Å². The fourth-order valence-electron chi connectivity index (χ4n) is 1.65. The predicted octanol–water partition coefficient (Wildman–Crippen LogP) is 3.80. The summed E-state index contributed by atoms with van der Waals surface area (Å²) >= 11 is 0. The first-order valence-electron chi connectivity index (χ1n) is 6.32. The highest BCUT2D eigenvalue weighted by Crippen LogP contribution is 2.11. The van der Waals surface area contributed by atoms with E-state index in [2.05, 4.69) is 5.32 Å². The van der Waals surface area contributed by atoms with Crippen molar-refractivity contribution in [3.8, 4) is 0 Å². The Morgan fingerprint density at radius 1 is 1.21 bits per heavy atom. The average molecular weight is 255 g/mol. The minimum atomic E-state index is -0.168. The molecule has 0 bridgehead atoms. The maximum Gasteiger partial charge on any atom is 0.248 e. The second-order valence-corrected chi connectivity index (χ2v) is 4.35. The molecule has 1 amide bonds. The number of hydrogen-bond acceptors (Lipinski definition) is 2. The lowest BCUT2D eigenvalue weighted by molar-refractivity contribution is -0.111. The van der Waals surface area contributed by atoms with Crippen LogP contribution in [0.2, 0.25) is 0 Å². The molecule has 0 saturated carbocycles. The fraction of sp³-hybridized carbons (Fsp3) is 0.188. The van der Waals surface area contributed by atoms with Crippen LogP contribution in [0.4, 0.5) is 5.69 Å². The van der Waals surface area contributed by atoms with Crippen LogP contribution in [-0.2, 0) is 11.2 Å². The molecule has 0 unspecified atom stereocenters. The number of furan rings is 1. The van der Waals surface area contributed by atoms with Gasteiger partial charge in [-0.2, -0.15) is 0 Å². The summed E-state index contributed by atoms with van der Waals surface area (Å²) in [5.74, 6) is 1.44. The van der Waals surface area contributed by atoms with Crippen molar-refractivity contribution in [1.82, 2.24) is 0 Å². The van der Waals surface area contributed by atoms with Gasteiger partial charge >= 0.3 is 0 Å². The molecule has 2 aromatic rings. The standard InChI is InChI=1S/C16H17NO2/c1-3-14-8-9-15(19-14)10-11-16(18)17-13-6-4-12(2)5-7-13/h4-11H,3H2,1-2H3,(H,17,18)/b11-10+. The molecule has 1 aromatic carbocycles. The van der Waals surface area contributed by atoms with Crippen molar-refractivity contribution in [2.24, 2.45) is 0 Å². The van der Waals surface area contributed by atoms with Crippen LogP contribution >= 0.6 is 0 Å². The highest BCUT2D eigenvalue weighted by Gasteiger charge is 1.99. The van der Waals surface area contributed by atoms with E-state index in [-0.39, 0.29) is 5.91 Å². The Bertz CT molecular complexity index is 579. The maximum absolute atomic E-state index is 11.7. The Hall–Kier alpha value is -2.29. The molecule has 1 N–H and O–H groups in total. The first-order valence-corrected chi connectivity index (χ1v) is 6.32. The number of carbonyl (C=O) groups excluding carboxylic acids is 1. The van der Waals surface area contributed by atoms with E-state index in [9.17, 15) is 4.79 Å². The third kappa shape index (κ3) is 3.85. The number of anilines is 1. The summed E-state index contributed by atoms with van der Waals surface area (Å²) in [7, 11) is 0. The van der Waals surface area contributed by atoms with Gasteiger partial charge in [0.25, 0.3) is 0 Å². The zero-order valence-corrected chi connectivity index (χ0v) is 11.1. The van der Waals surface area contributed by atoms with Gasteiger partial charge in [-0.1, -0.05) is 24.6 Å². The Labute approximate surface area is 112 Å². The number of nitrogens with one attached hydrogen (secondary N) is 1. The molecule has 3 nitrogen and oxygen atoms in total. The van der Waals surface area contributed by atoms with E-state index in [0.717, 1.165) is 23.4 Å². The molecule has 2 rings (SSSR count). The van der Waals surface area contributed by atoms with Gasteiger partial charge in [-0.25, -0.2) is 0 Å². The highest BCUT2D eigenvalue weighted by molar-refractivity contribution is 6.01. The summed E-state index contributed by atoms with van der Waals surface area (Å²) in [6.07, 6.45) is 3.99. The number of aryl methyl sites for hydroxylation is 2. The van der Waals surface area contributed by atoms with Crippen LogP contribution in [0.3, 0.4) is 0 Å². The monoisotopic (exact) mass is 255 g/mol. The van der Waals surface area contributed by atoms with Gasteiger partial charge in [-0.05, 0) is 37.3 Å². The Kier molecular flexibility index (Phi) is 4.18. The molecule has 0 saturated heterocycles. The first-order chi connectivity index (χ1) is 9.17. The smallest absolute Gasteiger partial charge is 0.248 e. The van der Waals surface area contributed by atoms with E-state index in [4.69, 9.17) is 4.42 Å². The topological polar surface area (TPSA) is 42.2 Å². The minimum Gasteiger partial charge on any atom is -0.462 e. The van der Waals surface area contributed by atoms with Gasteiger partial charge in [0.15, 0.2) is 0 Å². The Morgan fingerprint density at radius 2 is 1.95 bits per heavy atom. The van der Waals surface area contributed by atoms with Crippen LogP contribution in [-0.4, -0.2) is 5.91 Å². The molecule has 0 aliphatic rings. The van der Waals surface area contributed by atoms with E-state index in [1.165, 1.54) is 6.08 Å². The number of amides is 1. The van der Waals surface area contributed by atoms with E-state index < -0.39 is 0 Å². The summed E-state index contributed by atoms with van der Waals surface area (Å²) < 4.78 is 5.48. The van der Waals surface area contributed by atoms with Gasteiger partial charge in [0.2, 0.25) is 5.91 Å². The number of carbonyl (C=O) groups is 1. The van der Waals surface area contributed by atoms with Gasteiger partial charge in [0, 0.05) is 18.2 Å². The lowest BCUT2D eigenvalue weighted by Crippen LogP contribution is -2.07. The number of benzene rings is 1. The van der Waals surface area contributed by atoms with Crippen LogP contribution in [0.25, 0.3) is 6.08 Å². The second-order valence-electron chi connectivity index (χ2n) is 4.35. The van der Waals surface area contributed by atoms with Crippen LogP contribution in [0.1, 0.15) is 24.0 Å². The van der Waals surface area contributed by atoms with Crippen LogP contribution in [0.15, 0.2) is 46.9 Å². The molecule has 0 aliphatic heterocycles. The van der Waals surface area contributed by atoms with Crippen molar-refractivity contribution in [3.05, 3.63) is 59.6 Å². The molecule has 3 heteroatoms. The number of rotatable bonds is 4. The molecule has 0 spiro atoms. The third-order valence-corrected chi connectivity index (χ3v) is 2.75. The zero-order valence-electron chi connectivity index (χ0n) is 11.1. The highest BCUT2D eigenvalue weighted by atomic mass is 16.3. The van der Waals surface area contributed by atoms with E-state index in [1.807, 2.05) is 50.2 Å². The molecule has 0 atom stereocenters. The molecule has 1 heterocycles. The summed E-state index contributed by atoms with van der Waals surface area (Å²) in [6, 6.07) is 11.4. The largest absolute Gasteiger partial charge is 0.462 e. The summed E-state index contributed by atoms with van der Waals surface area (Å²) in [5.41, 5.74) is 1.95. The van der Waals surface area contributed by atoms with Crippen LogP contribution < -0.4 is 5.32 Å². The van der Waals surface area contributed by atoms with Crippen molar-refractivity contribution in [1.29, 1.82) is 0 Å². The van der Waals surface area contributed by atoms with Gasteiger partial charge < -0.3 is 9.73 Å². The van der Waals surface area contributed by atoms with E-state index >= 15 is 0 Å². The van der Waals surface area contributed by atoms with Gasteiger partial charge in [-0.15, -0.1) is 0 Å². The van der Waals surface area contributed by atoms with E-state index in [1.54, 1.807) is 6.08 Å². The summed E-state index contributed by atoms with van der Waals surface area (Å²) in [6.45, 7) is 4.03. The van der Waals surface area contributed by atoms with Crippen LogP contribution in [0, 0.1) is 6.92 Å². The SMILES string of the molecule is CCc1ccc(/C=C/C(=O)Nc2ccc(C)cc2)o1. The second kappa shape index (κ2) is 6.05. The van der Waals surface area contributed by atoms with Gasteiger partial charge in [0.05, 0.1) is 0 Å². The van der Waals surface area contributed by atoms with Crippen LogP contribution in [0.5, 0.6) is 0 Å². The Balaban J connectivity index is 1.95. The maximum atomic E-state index is 11.7. The minimum absolute atomic E-state index is 0.168. The van der Waals surface area contributed by atoms with Crippen molar-refractivity contribution in [3.63, 3.8) is 0 Å². The normalized spacial score (nSPS) is 10.8. The molecular formula is C16H17NO2. The average Bonchev–Trinajstić information content (AvgIpc) is 2.87. The molecule has 0 fully saturated rings. The van der Waals surface area contributed by atoms with Crippen molar-refractivity contribution >= 4 is 17.7 Å². The summed E-state index contributed by atoms with van der Waals surface area (Å²) in [4.78, 5) is 11.7. The molecule has 19 heavy (non-hydrogen) atoms. The van der Waals surface area contributed by atoms with E-state index in [0.29, 0.717) is 5.76 Å². The lowest BCUT2D eigenvalue weighted by Gasteiger charge is -2.01. The Morgan fingerprint density at radius 3 is 2.58 bits per heavy atom. The van der Waals surface area contributed by atoms with Crippen molar-refractivity contribution in [2.45, 2.75) is 20.3 Å². The first kappa shape index (κ1) is 13.1. The third-order valence-electron chi connectivity index (χ3n) is 2.75. The molecule has 0 aliphatic carbocycles. The quantitative estimate of drug-likeness (QED) is 0.844. The van der Waals surface area contributed by atoms with Crippen molar-refractivity contribution in [2.75, 3.05) is 5.32 Å². The van der Waals surface area contributed by atoms with Gasteiger partial charge in [0.1, 0.15) is 11.5 Å². The fourth-order valence-corrected chi connectivity index (χ4v) is 1.65. The molecular weight excluding hydrogens is 238 g/mol. The molecule has 0 radical (unpaired) electrons. The zero-order chi connectivity index (χ0) is 13.7.